The number of fused-ring (bicyclic) bond motifs is 3. The zero-order valence-electron chi connectivity index (χ0n) is 14.3. The number of aromatic amines is 1. The fraction of sp³-hybridized carbons (Fsp3) is 0.500. The van der Waals surface area contributed by atoms with E-state index in [2.05, 4.69) is 35.4 Å². The number of likely N-dealkylation sites (N-methyl/N-ethyl adjacent to an activating group) is 1. The minimum absolute atomic E-state index is 0.189. The second-order valence-corrected chi connectivity index (χ2v) is 6.87. The molecule has 0 fully saturated rings. The molecule has 1 atom stereocenters. The number of benzene rings is 1. The lowest BCUT2D eigenvalue weighted by Gasteiger charge is -2.16. The van der Waals surface area contributed by atoms with Gasteiger partial charge in [-0.3, -0.25) is 5.32 Å². The van der Waals surface area contributed by atoms with Crippen LogP contribution in [0.25, 0.3) is 10.9 Å². The van der Waals surface area contributed by atoms with Gasteiger partial charge in [0.15, 0.2) is 0 Å². The van der Waals surface area contributed by atoms with E-state index in [4.69, 9.17) is 4.74 Å². The number of rotatable bonds is 4. The summed E-state index contributed by atoms with van der Waals surface area (Å²) in [7, 11) is 4.12. The van der Waals surface area contributed by atoms with Crippen LogP contribution in [-0.2, 0) is 17.8 Å². The molecule has 1 aromatic carbocycles. The van der Waals surface area contributed by atoms with Gasteiger partial charge in [-0.2, -0.15) is 0 Å². The van der Waals surface area contributed by atoms with E-state index >= 15 is 0 Å². The van der Waals surface area contributed by atoms with Crippen LogP contribution in [0.4, 0.5) is 0 Å². The highest BCUT2D eigenvalue weighted by Gasteiger charge is 2.29. The zero-order valence-corrected chi connectivity index (χ0v) is 14.3. The Balaban J connectivity index is 2.02. The molecule has 2 heterocycles. The van der Waals surface area contributed by atoms with Crippen LogP contribution in [-0.4, -0.2) is 42.5 Å². The first-order chi connectivity index (χ1) is 11.0. The summed E-state index contributed by atoms with van der Waals surface area (Å²) in [6.07, 6.45) is 2.95. The molecular formula is C18H25N3O2. The van der Waals surface area contributed by atoms with Gasteiger partial charge in [0.1, 0.15) is 11.8 Å². The van der Waals surface area contributed by atoms with Gasteiger partial charge < -0.3 is 14.6 Å². The van der Waals surface area contributed by atoms with Crippen LogP contribution in [0.1, 0.15) is 25.0 Å². The molecule has 1 aliphatic heterocycles. The van der Waals surface area contributed by atoms with E-state index in [0.717, 1.165) is 35.2 Å². The quantitative estimate of drug-likeness (QED) is 0.671. The Bertz CT molecular complexity index is 718. The van der Waals surface area contributed by atoms with Gasteiger partial charge in [0.2, 0.25) is 0 Å². The molecule has 0 amide bonds. The van der Waals surface area contributed by atoms with Crippen molar-refractivity contribution in [3.8, 4) is 5.75 Å². The number of nitrogens with zero attached hydrogens (tertiary/aromatic N) is 1. The van der Waals surface area contributed by atoms with E-state index in [1.165, 1.54) is 5.56 Å². The number of H-pyrrole nitrogens is 1. The van der Waals surface area contributed by atoms with Crippen molar-refractivity contribution in [2.24, 2.45) is 5.92 Å². The van der Waals surface area contributed by atoms with Crippen LogP contribution >= 0.6 is 0 Å². The Morgan fingerprint density at radius 2 is 2.13 bits per heavy atom. The second-order valence-electron chi connectivity index (χ2n) is 6.87. The van der Waals surface area contributed by atoms with Crippen molar-refractivity contribution >= 4 is 16.9 Å². The third-order valence-corrected chi connectivity index (χ3v) is 4.43. The van der Waals surface area contributed by atoms with Gasteiger partial charge in [-0.05, 0) is 38.1 Å². The zero-order chi connectivity index (χ0) is 16.6. The lowest BCUT2D eigenvalue weighted by molar-refractivity contribution is -0.137. The van der Waals surface area contributed by atoms with Crippen molar-refractivity contribution in [3.63, 3.8) is 0 Å². The predicted octanol–water partition coefficient (Wildman–Crippen LogP) is 2.31. The fourth-order valence-corrected chi connectivity index (χ4v) is 3.07. The average Bonchev–Trinajstić information content (AvgIpc) is 2.81. The number of carbonyl (C=O) groups excluding carboxylic acids is 1. The highest BCUT2D eigenvalue weighted by molar-refractivity contribution is 5.94. The van der Waals surface area contributed by atoms with E-state index in [0.29, 0.717) is 6.54 Å². The SMILES string of the molecule is CC(C)[C@@H]1NCc2ccc3[nH]cc(CCN(C)C)c3c2OC1=O. The molecule has 0 aliphatic carbocycles. The minimum atomic E-state index is -0.262. The molecule has 0 bridgehead atoms. The van der Waals surface area contributed by atoms with Crippen LogP contribution in [0.3, 0.4) is 0 Å². The summed E-state index contributed by atoms with van der Waals surface area (Å²) in [4.78, 5) is 17.9. The Morgan fingerprint density at radius 1 is 1.35 bits per heavy atom. The van der Waals surface area contributed by atoms with Crippen LogP contribution in [0, 0.1) is 5.92 Å². The molecule has 2 aromatic rings. The lowest BCUT2D eigenvalue weighted by Crippen LogP contribution is -2.41. The third kappa shape index (κ3) is 3.12. The van der Waals surface area contributed by atoms with E-state index in [9.17, 15) is 4.79 Å². The third-order valence-electron chi connectivity index (χ3n) is 4.43. The van der Waals surface area contributed by atoms with Gasteiger partial charge in [-0.25, -0.2) is 4.79 Å². The van der Waals surface area contributed by atoms with Gasteiger partial charge in [0.05, 0.1) is 0 Å². The molecule has 0 spiro atoms. The smallest absolute Gasteiger partial charge is 0.328 e. The predicted molar refractivity (Wildman–Crippen MR) is 91.7 cm³/mol. The normalized spacial score (nSPS) is 18.3. The highest BCUT2D eigenvalue weighted by atomic mass is 16.5. The van der Waals surface area contributed by atoms with Crippen molar-refractivity contribution in [1.29, 1.82) is 0 Å². The standard InChI is InChI=1S/C18H25N3O2/c1-11(2)16-18(22)23-17-13(10-20-16)5-6-14-15(17)12(9-19-14)7-8-21(3)4/h5-6,9,11,16,19-20H,7-8,10H2,1-4H3/t16-/m0/s1. The molecule has 5 nitrogen and oxygen atoms in total. The van der Waals surface area contributed by atoms with Crippen molar-refractivity contribution in [2.75, 3.05) is 20.6 Å². The van der Waals surface area contributed by atoms with E-state index in [1.54, 1.807) is 0 Å². The number of hydrogen-bond donors (Lipinski definition) is 2. The number of esters is 1. The van der Waals surface area contributed by atoms with Crippen molar-refractivity contribution in [2.45, 2.75) is 32.9 Å². The van der Waals surface area contributed by atoms with Crippen LogP contribution in [0.5, 0.6) is 5.75 Å². The minimum Gasteiger partial charge on any atom is -0.424 e. The van der Waals surface area contributed by atoms with Crippen LogP contribution < -0.4 is 10.1 Å². The molecule has 1 aliphatic rings. The molecule has 23 heavy (non-hydrogen) atoms. The first-order valence-electron chi connectivity index (χ1n) is 8.19. The maximum Gasteiger partial charge on any atom is 0.328 e. The number of carbonyl (C=O) groups is 1. The number of nitrogens with one attached hydrogen (secondary N) is 2. The van der Waals surface area contributed by atoms with Crippen molar-refractivity contribution in [3.05, 3.63) is 29.5 Å². The first kappa shape index (κ1) is 16.0. The molecular weight excluding hydrogens is 290 g/mol. The van der Waals surface area contributed by atoms with Gasteiger partial charge in [-0.15, -0.1) is 0 Å². The van der Waals surface area contributed by atoms with Gasteiger partial charge >= 0.3 is 5.97 Å². The molecule has 3 rings (SSSR count). The van der Waals surface area contributed by atoms with E-state index in [-0.39, 0.29) is 17.9 Å². The average molecular weight is 315 g/mol. The Morgan fingerprint density at radius 3 is 2.83 bits per heavy atom. The van der Waals surface area contributed by atoms with Crippen LogP contribution in [0.15, 0.2) is 18.3 Å². The summed E-state index contributed by atoms with van der Waals surface area (Å²) < 4.78 is 5.81. The highest BCUT2D eigenvalue weighted by Crippen LogP contribution is 2.34. The van der Waals surface area contributed by atoms with Gasteiger partial charge in [0, 0.05) is 35.8 Å². The maximum atomic E-state index is 12.5. The molecule has 5 heteroatoms. The topological polar surface area (TPSA) is 57.4 Å². The van der Waals surface area contributed by atoms with E-state index in [1.807, 2.05) is 26.1 Å². The first-order valence-corrected chi connectivity index (χ1v) is 8.19. The number of hydrogen-bond acceptors (Lipinski definition) is 4. The molecule has 0 saturated carbocycles. The molecule has 2 N–H and O–H groups in total. The molecule has 124 valence electrons. The van der Waals surface area contributed by atoms with Crippen molar-refractivity contribution < 1.29 is 9.53 Å². The monoisotopic (exact) mass is 315 g/mol. The second kappa shape index (κ2) is 6.34. The summed E-state index contributed by atoms with van der Waals surface area (Å²) in [5.41, 5.74) is 3.26. The van der Waals surface area contributed by atoms with Crippen LogP contribution in [0.2, 0.25) is 0 Å². The molecule has 0 radical (unpaired) electrons. The number of ether oxygens (including phenoxy) is 1. The summed E-state index contributed by atoms with van der Waals surface area (Å²) >= 11 is 0. The van der Waals surface area contributed by atoms with Gasteiger partial charge in [-0.1, -0.05) is 19.9 Å². The summed E-state index contributed by atoms with van der Waals surface area (Å²) in [5, 5.41) is 4.37. The van der Waals surface area contributed by atoms with E-state index < -0.39 is 0 Å². The lowest BCUT2D eigenvalue weighted by atomic mass is 10.0. The fourth-order valence-electron chi connectivity index (χ4n) is 3.07. The molecule has 1 aromatic heterocycles. The Hall–Kier alpha value is -1.85. The largest absolute Gasteiger partial charge is 0.424 e. The van der Waals surface area contributed by atoms with Gasteiger partial charge in [0.25, 0.3) is 0 Å². The number of aromatic nitrogens is 1. The molecule has 0 saturated heterocycles. The summed E-state index contributed by atoms with van der Waals surface area (Å²) in [6, 6.07) is 3.84. The Kier molecular flexibility index (Phi) is 4.41. The summed E-state index contributed by atoms with van der Waals surface area (Å²) in [5.74, 6) is 0.732. The maximum absolute atomic E-state index is 12.5. The summed E-state index contributed by atoms with van der Waals surface area (Å²) in [6.45, 7) is 5.67. The van der Waals surface area contributed by atoms with Crippen molar-refractivity contribution in [1.82, 2.24) is 15.2 Å². The molecule has 0 unspecified atom stereocenters. The Labute approximate surface area is 137 Å².